The summed E-state index contributed by atoms with van der Waals surface area (Å²) in [6, 6.07) is 75.6. The minimum absolute atomic E-state index is 0.118. The first kappa shape index (κ1) is 40.2. The Morgan fingerprint density at radius 2 is 1.01 bits per heavy atom. The molecule has 0 saturated heterocycles. The van der Waals surface area contributed by atoms with Gasteiger partial charge in [-0.3, -0.25) is 4.57 Å². The Morgan fingerprint density at radius 3 is 1.68 bits per heavy atom. The van der Waals surface area contributed by atoms with E-state index in [0.717, 1.165) is 94.1 Å². The molecule has 80 heavy (non-hydrogen) atoms. The lowest BCUT2D eigenvalue weighted by molar-refractivity contribution is 0.483. The van der Waals surface area contributed by atoms with Gasteiger partial charge in [0.05, 0.1) is 50.2 Å². The van der Waals surface area contributed by atoms with Crippen molar-refractivity contribution in [2.75, 3.05) is 16.5 Å². The molecule has 0 fully saturated rings. The summed E-state index contributed by atoms with van der Waals surface area (Å²) in [5.41, 5.74) is 12.7. The van der Waals surface area contributed by atoms with Crippen LogP contribution in [0.1, 0.15) is 34.6 Å². The number of aromatic nitrogens is 5. The van der Waals surface area contributed by atoms with Gasteiger partial charge in [0.15, 0.2) is 0 Å². The number of hydrogen-bond donors (Lipinski definition) is 0. The van der Waals surface area contributed by atoms with Crippen molar-refractivity contribution in [1.82, 2.24) is 23.3 Å². The van der Waals surface area contributed by atoms with Crippen molar-refractivity contribution in [3.8, 4) is 34.1 Å². The molecular formula is C72H55N7O. The second-order valence-corrected chi connectivity index (χ2v) is 22.1. The zero-order valence-corrected chi connectivity index (χ0v) is 44.2. The number of benzene rings is 10. The molecule has 16 rings (SSSR count). The highest BCUT2D eigenvalue weighted by Gasteiger charge is 2.35. The van der Waals surface area contributed by atoms with E-state index in [-0.39, 0.29) is 12.1 Å². The van der Waals surface area contributed by atoms with Crippen LogP contribution < -0.4 is 14.5 Å². The highest BCUT2D eigenvalue weighted by Crippen LogP contribution is 2.54. The third kappa shape index (κ3) is 6.72. The third-order valence-electron chi connectivity index (χ3n) is 16.5. The van der Waals surface area contributed by atoms with Gasteiger partial charge in [-0.15, -0.1) is 0 Å². The van der Waals surface area contributed by atoms with Gasteiger partial charge in [0.1, 0.15) is 24.0 Å². The summed E-state index contributed by atoms with van der Waals surface area (Å²) in [5.74, 6) is 2.04. The van der Waals surface area contributed by atoms with Gasteiger partial charge in [0.2, 0.25) is 0 Å². The normalized spacial score (nSPS) is 14.4. The maximum absolute atomic E-state index is 9.30. The maximum atomic E-state index is 9.30. The van der Waals surface area contributed by atoms with Gasteiger partial charge in [-0.2, -0.15) is 0 Å². The average molecular weight is 1040 g/mol. The number of nitrogens with zero attached hydrogens (tertiary/aromatic N) is 7. The number of pyridine rings is 1. The highest BCUT2D eigenvalue weighted by atomic mass is 16.5. The fourth-order valence-electron chi connectivity index (χ4n) is 12.9. The number of rotatable bonds is 7. The fraction of sp³-hybridized carbons (Fsp3) is 0.0972. The Morgan fingerprint density at radius 1 is 0.438 bits per heavy atom. The molecule has 6 heterocycles. The SMILES string of the molecule is [2H]C([2H])([2H])n1c2ccccc2c2c(-c3ccccc3)c3c4ccccc4n(C([2H])([2H])[2H])c3c(N3CN(c4cccc(Oc5ccc6c7cc(-n8c9ccccc9c9ccccc98)ccc7n(-c7cc(C(C)(C)C)ccn7)c6c5)c4)c4ccccc43)c21. The first-order valence-electron chi connectivity index (χ1n) is 30.1. The first-order valence-corrected chi connectivity index (χ1v) is 27.1. The Kier molecular flexibility index (Phi) is 8.66. The van der Waals surface area contributed by atoms with Crippen molar-refractivity contribution in [3.05, 3.63) is 236 Å². The Balaban J connectivity index is 0.859. The van der Waals surface area contributed by atoms with Gasteiger partial charge in [-0.1, -0.05) is 142 Å². The van der Waals surface area contributed by atoms with E-state index in [4.69, 9.17) is 9.72 Å². The molecule has 0 amide bonds. The predicted octanol–water partition coefficient (Wildman–Crippen LogP) is 18.6. The number of anilines is 4. The van der Waals surface area contributed by atoms with Crippen molar-refractivity contribution in [2.45, 2.75) is 26.2 Å². The van der Waals surface area contributed by atoms with Crippen molar-refractivity contribution >= 4 is 110 Å². The first-order chi connectivity index (χ1) is 41.6. The molecule has 0 spiro atoms. The van der Waals surface area contributed by atoms with E-state index in [2.05, 4.69) is 137 Å². The molecule has 1 aliphatic rings. The zero-order valence-electron chi connectivity index (χ0n) is 50.2. The summed E-state index contributed by atoms with van der Waals surface area (Å²) < 4.78 is 70.2. The van der Waals surface area contributed by atoms with Crippen LogP contribution >= 0.6 is 0 Å². The average Bonchev–Trinajstić information content (AvgIpc) is 1.61. The van der Waals surface area contributed by atoms with Crippen molar-refractivity contribution in [1.29, 1.82) is 0 Å². The largest absolute Gasteiger partial charge is 0.457 e. The van der Waals surface area contributed by atoms with Crippen LogP contribution in [0.15, 0.2) is 231 Å². The molecule has 1 aliphatic heterocycles. The quantitative estimate of drug-likeness (QED) is 0.160. The second kappa shape index (κ2) is 17.2. The van der Waals surface area contributed by atoms with Crippen LogP contribution in [-0.2, 0) is 19.4 Å². The summed E-state index contributed by atoms with van der Waals surface area (Å²) >= 11 is 0. The lowest BCUT2D eigenvalue weighted by Crippen LogP contribution is -2.25. The summed E-state index contributed by atoms with van der Waals surface area (Å²) in [7, 11) is 0. The molecule has 0 aliphatic carbocycles. The van der Waals surface area contributed by atoms with Crippen LogP contribution in [-0.4, -0.2) is 29.9 Å². The van der Waals surface area contributed by atoms with Crippen LogP contribution in [0.2, 0.25) is 0 Å². The number of hydrogen-bond acceptors (Lipinski definition) is 4. The molecule has 0 N–H and O–H groups in total. The number of para-hydroxylation sites is 6. The van der Waals surface area contributed by atoms with Crippen LogP contribution in [0.5, 0.6) is 11.5 Å². The van der Waals surface area contributed by atoms with E-state index in [9.17, 15) is 8.22 Å². The van der Waals surface area contributed by atoms with Crippen molar-refractivity contribution in [2.24, 2.45) is 14.0 Å². The Hall–Kier alpha value is -10.1. The van der Waals surface area contributed by atoms with Gasteiger partial charge < -0.3 is 28.2 Å². The number of aryl methyl sites for hydroxylation is 2. The monoisotopic (exact) mass is 1040 g/mol. The van der Waals surface area contributed by atoms with Gasteiger partial charge in [0, 0.05) is 112 Å². The molecule has 5 aromatic heterocycles. The summed E-state index contributed by atoms with van der Waals surface area (Å²) in [6.07, 6.45) is 1.90. The molecule has 10 aromatic carbocycles. The minimum atomic E-state index is -2.68. The lowest BCUT2D eigenvalue weighted by atomic mass is 9.88. The van der Waals surface area contributed by atoms with Crippen LogP contribution in [0.25, 0.3) is 110 Å². The fourth-order valence-corrected chi connectivity index (χ4v) is 12.9. The third-order valence-corrected chi connectivity index (χ3v) is 16.5. The second-order valence-electron chi connectivity index (χ2n) is 22.1. The molecule has 8 nitrogen and oxygen atoms in total. The smallest absolute Gasteiger partial charge is 0.137 e. The van der Waals surface area contributed by atoms with Gasteiger partial charge in [0.25, 0.3) is 0 Å². The van der Waals surface area contributed by atoms with E-state index in [1.165, 1.54) is 25.5 Å². The molecule has 384 valence electrons. The predicted molar refractivity (Wildman–Crippen MR) is 334 cm³/mol. The van der Waals surface area contributed by atoms with Gasteiger partial charge in [-0.25, -0.2) is 4.98 Å². The van der Waals surface area contributed by atoms with Crippen molar-refractivity contribution < 1.29 is 13.0 Å². The molecule has 0 saturated carbocycles. The van der Waals surface area contributed by atoms with Crippen LogP contribution in [0.4, 0.5) is 22.7 Å². The van der Waals surface area contributed by atoms with Crippen LogP contribution in [0, 0.1) is 0 Å². The van der Waals surface area contributed by atoms with E-state index < -0.39 is 14.0 Å². The maximum Gasteiger partial charge on any atom is 0.137 e. The standard InChI is InChI=1S/C72H55N7O/c1-72(2,3)46-38-39-73-65(40-46)79-61-37-34-48(78-59-30-15-9-24-51(59)52-25-10-16-31-60(52)78)42-56(61)53-36-35-50(43-64(53)79)80-49-23-19-22-47(41-49)76-44-77(63-33-18-17-32-62(63)76)71-69-67(54-26-11-13-28-57(54)74(69)4)66(45-20-7-6-8-21-45)68-55-27-12-14-29-58(55)75(5)70(68)71/h6-43H,44H2,1-5H3/i4D3,5D3. The van der Waals surface area contributed by atoms with E-state index in [1.807, 2.05) is 134 Å². The van der Waals surface area contributed by atoms with Gasteiger partial charge in [-0.05, 0) is 108 Å². The lowest BCUT2D eigenvalue weighted by Gasteiger charge is -2.26. The number of ether oxygens (including phenoxy) is 1. The topological polar surface area (TPSA) is 48.3 Å². The van der Waals surface area contributed by atoms with Crippen molar-refractivity contribution in [3.63, 3.8) is 0 Å². The molecule has 15 aromatic rings. The molecule has 0 atom stereocenters. The Bertz CT molecular complexity index is 5130. The molecule has 0 bridgehead atoms. The number of fused-ring (bicyclic) bond motifs is 13. The Labute approximate surface area is 471 Å². The van der Waals surface area contributed by atoms with E-state index >= 15 is 0 Å². The van der Waals surface area contributed by atoms with Crippen LogP contribution in [0.3, 0.4) is 0 Å². The molecule has 8 heteroatoms. The highest BCUT2D eigenvalue weighted by molar-refractivity contribution is 6.33. The molecule has 0 unspecified atom stereocenters. The zero-order chi connectivity index (χ0) is 58.5. The summed E-state index contributed by atoms with van der Waals surface area (Å²) in [4.78, 5) is 9.31. The minimum Gasteiger partial charge on any atom is -0.457 e. The van der Waals surface area contributed by atoms with E-state index in [0.29, 0.717) is 39.3 Å². The summed E-state index contributed by atoms with van der Waals surface area (Å²) in [5, 5.41) is 7.48. The molecular weight excluding hydrogens is 979 g/mol. The van der Waals surface area contributed by atoms with Gasteiger partial charge >= 0.3 is 0 Å². The molecule has 0 radical (unpaired) electrons. The van der Waals surface area contributed by atoms with E-state index in [1.54, 1.807) is 0 Å². The summed E-state index contributed by atoms with van der Waals surface area (Å²) in [6.45, 7) is 1.49.